The Kier molecular flexibility index (Phi) is 3.31. The largest absolute Gasteiger partial charge is 0.426 e. The molecule has 0 amide bonds. The third-order valence-electron chi connectivity index (χ3n) is 3.55. The van der Waals surface area contributed by atoms with Crippen molar-refractivity contribution in [3.05, 3.63) is 42.1 Å². The molecule has 1 atom stereocenters. The zero-order valence-corrected chi connectivity index (χ0v) is 11.9. The van der Waals surface area contributed by atoms with Crippen LogP contribution in [-0.2, 0) is 10.0 Å². The fraction of sp³-hybridized carbons (Fsp3) is 0.385. The third-order valence-corrected chi connectivity index (χ3v) is 5.61. The summed E-state index contributed by atoms with van der Waals surface area (Å²) in [5.74, 6) is 0.361. The van der Waals surface area contributed by atoms with Crippen molar-refractivity contribution in [1.29, 1.82) is 0 Å². The highest BCUT2D eigenvalue weighted by molar-refractivity contribution is 7.89. The van der Waals surface area contributed by atoms with Gasteiger partial charge in [-0.25, -0.2) is 8.42 Å². The van der Waals surface area contributed by atoms with Crippen LogP contribution in [0.1, 0.15) is 30.3 Å². The lowest BCUT2D eigenvalue weighted by atomic mass is 10.2. The highest BCUT2D eigenvalue weighted by atomic mass is 32.2. The van der Waals surface area contributed by atoms with Gasteiger partial charge in [0.25, 0.3) is 0 Å². The Bertz CT molecular complexity index is 697. The maximum atomic E-state index is 12.8. The van der Waals surface area contributed by atoms with Gasteiger partial charge in [-0.3, -0.25) is 0 Å². The molecule has 1 aromatic heterocycles. The summed E-state index contributed by atoms with van der Waals surface area (Å²) in [4.78, 5) is 0.339. The summed E-state index contributed by atoms with van der Waals surface area (Å²) in [5, 5.41) is 7.49. The second-order valence-corrected chi connectivity index (χ2v) is 6.68. The SMILES string of the molecule is Cc1ccccc1S(=O)(=O)N1CCCC1c1nnco1. The molecule has 2 aromatic rings. The van der Waals surface area contributed by atoms with Crippen LogP contribution in [0.2, 0.25) is 0 Å². The fourth-order valence-electron chi connectivity index (χ4n) is 2.57. The van der Waals surface area contributed by atoms with E-state index in [2.05, 4.69) is 10.2 Å². The van der Waals surface area contributed by atoms with E-state index in [0.29, 0.717) is 23.8 Å². The van der Waals surface area contributed by atoms with Crippen LogP contribution in [-0.4, -0.2) is 29.5 Å². The molecule has 1 aliphatic rings. The minimum atomic E-state index is -3.54. The van der Waals surface area contributed by atoms with Gasteiger partial charge >= 0.3 is 0 Å². The van der Waals surface area contributed by atoms with Crippen LogP contribution >= 0.6 is 0 Å². The monoisotopic (exact) mass is 293 g/mol. The Labute approximate surface area is 117 Å². The first-order valence-corrected chi connectivity index (χ1v) is 7.88. The predicted molar refractivity (Wildman–Crippen MR) is 71.3 cm³/mol. The van der Waals surface area contributed by atoms with Crippen LogP contribution in [0.3, 0.4) is 0 Å². The molecule has 0 aliphatic carbocycles. The van der Waals surface area contributed by atoms with Crippen molar-refractivity contribution in [1.82, 2.24) is 14.5 Å². The van der Waals surface area contributed by atoms with Crippen LogP contribution in [0, 0.1) is 6.92 Å². The summed E-state index contributed by atoms with van der Waals surface area (Å²) in [6.07, 6.45) is 2.72. The third kappa shape index (κ3) is 2.12. The van der Waals surface area contributed by atoms with Crippen molar-refractivity contribution in [3.63, 3.8) is 0 Å². The quantitative estimate of drug-likeness (QED) is 0.864. The maximum Gasteiger partial charge on any atom is 0.244 e. The van der Waals surface area contributed by atoms with Crippen LogP contribution < -0.4 is 0 Å². The van der Waals surface area contributed by atoms with Crippen LogP contribution in [0.15, 0.2) is 40.0 Å². The molecule has 1 aliphatic heterocycles. The van der Waals surface area contributed by atoms with E-state index in [1.807, 2.05) is 6.07 Å². The summed E-state index contributed by atoms with van der Waals surface area (Å²) >= 11 is 0. The first kappa shape index (κ1) is 13.3. The number of hydrogen-bond acceptors (Lipinski definition) is 5. The van der Waals surface area contributed by atoms with Gasteiger partial charge in [0.15, 0.2) is 0 Å². The predicted octanol–water partition coefficient (Wildman–Crippen LogP) is 1.90. The van der Waals surface area contributed by atoms with Crippen LogP contribution in [0.4, 0.5) is 0 Å². The van der Waals surface area contributed by atoms with E-state index in [-0.39, 0.29) is 6.04 Å². The van der Waals surface area contributed by atoms with E-state index in [9.17, 15) is 8.42 Å². The molecule has 20 heavy (non-hydrogen) atoms. The van der Waals surface area contributed by atoms with Crippen LogP contribution in [0.25, 0.3) is 0 Å². The van der Waals surface area contributed by atoms with E-state index in [1.54, 1.807) is 25.1 Å². The second-order valence-electron chi connectivity index (χ2n) is 4.82. The molecule has 1 aromatic carbocycles. The Hall–Kier alpha value is -1.73. The number of benzene rings is 1. The molecule has 7 heteroatoms. The molecule has 0 N–H and O–H groups in total. The van der Waals surface area contributed by atoms with E-state index in [4.69, 9.17) is 4.42 Å². The lowest BCUT2D eigenvalue weighted by Gasteiger charge is -2.22. The molecular weight excluding hydrogens is 278 g/mol. The van der Waals surface area contributed by atoms with Gasteiger partial charge in [-0.2, -0.15) is 4.31 Å². The average Bonchev–Trinajstić information content (AvgIpc) is 3.10. The zero-order valence-electron chi connectivity index (χ0n) is 11.1. The highest BCUT2D eigenvalue weighted by Crippen LogP contribution is 2.36. The molecule has 2 heterocycles. The summed E-state index contributed by atoms with van der Waals surface area (Å²) in [6, 6.07) is 6.63. The number of rotatable bonds is 3. The fourth-order valence-corrected chi connectivity index (χ4v) is 4.45. The van der Waals surface area contributed by atoms with Gasteiger partial charge in [-0.05, 0) is 31.4 Å². The number of hydrogen-bond donors (Lipinski definition) is 0. The molecule has 0 saturated carbocycles. The molecule has 1 saturated heterocycles. The molecule has 6 nitrogen and oxygen atoms in total. The van der Waals surface area contributed by atoms with Gasteiger partial charge in [-0.1, -0.05) is 18.2 Å². The molecule has 1 unspecified atom stereocenters. The van der Waals surface area contributed by atoms with Crippen molar-refractivity contribution in [2.45, 2.75) is 30.7 Å². The van der Waals surface area contributed by atoms with Crippen molar-refractivity contribution in [2.75, 3.05) is 6.54 Å². The minimum Gasteiger partial charge on any atom is -0.426 e. The van der Waals surface area contributed by atoms with Gasteiger partial charge < -0.3 is 4.42 Å². The molecule has 0 radical (unpaired) electrons. The summed E-state index contributed by atoms with van der Waals surface area (Å²) in [5.41, 5.74) is 0.740. The van der Waals surface area contributed by atoms with Crippen LogP contribution in [0.5, 0.6) is 0 Å². The van der Waals surface area contributed by atoms with Crippen molar-refractivity contribution >= 4 is 10.0 Å². The van der Waals surface area contributed by atoms with Crippen molar-refractivity contribution in [2.24, 2.45) is 0 Å². The first-order chi connectivity index (χ1) is 9.60. The maximum absolute atomic E-state index is 12.8. The Balaban J connectivity index is 2.01. The number of nitrogens with zero attached hydrogens (tertiary/aromatic N) is 3. The van der Waals surface area contributed by atoms with Gasteiger partial charge in [0.2, 0.25) is 22.3 Å². The average molecular weight is 293 g/mol. The topological polar surface area (TPSA) is 76.3 Å². The van der Waals surface area contributed by atoms with E-state index in [0.717, 1.165) is 12.0 Å². The van der Waals surface area contributed by atoms with Gasteiger partial charge in [0, 0.05) is 6.54 Å². The van der Waals surface area contributed by atoms with E-state index < -0.39 is 10.0 Å². The zero-order chi connectivity index (χ0) is 14.2. The Morgan fingerprint density at radius 3 is 2.85 bits per heavy atom. The minimum absolute atomic E-state index is 0.339. The van der Waals surface area contributed by atoms with Gasteiger partial charge in [0.05, 0.1) is 4.90 Å². The highest BCUT2D eigenvalue weighted by Gasteiger charge is 2.39. The molecule has 3 rings (SSSR count). The van der Waals surface area contributed by atoms with Crippen molar-refractivity contribution in [3.8, 4) is 0 Å². The van der Waals surface area contributed by atoms with Gasteiger partial charge in [-0.15, -0.1) is 10.2 Å². The number of aryl methyl sites for hydroxylation is 1. The summed E-state index contributed by atoms with van der Waals surface area (Å²) < 4.78 is 32.2. The normalized spacial score (nSPS) is 20.4. The number of aromatic nitrogens is 2. The second kappa shape index (κ2) is 4.99. The first-order valence-electron chi connectivity index (χ1n) is 6.44. The molecule has 0 spiro atoms. The summed E-state index contributed by atoms with van der Waals surface area (Å²) in [6.45, 7) is 2.27. The molecular formula is C13H15N3O3S. The summed E-state index contributed by atoms with van der Waals surface area (Å²) in [7, 11) is -3.54. The van der Waals surface area contributed by atoms with E-state index in [1.165, 1.54) is 10.7 Å². The molecule has 106 valence electrons. The molecule has 1 fully saturated rings. The van der Waals surface area contributed by atoms with Crippen molar-refractivity contribution < 1.29 is 12.8 Å². The number of sulfonamides is 1. The Morgan fingerprint density at radius 1 is 1.35 bits per heavy atom. The smallest absolute Gasteiger partial charge is 0.244 e. The lowest BCUT2D eigenvalue weighted by molar-refractivity contribution is 0.329. The lowest BCUT2D eigenvalue weighted by Crippen LogP contribution is -2.31. The van der Waals surface area contributed by atoms with E-state index >= 15 is 0 Å². The van der Waals surface area contributed by atoms with Gasteiger partial charge in [0.1, 0.15) is 6.04 Å². The molecule has 0 bridgehead atoms. The Morgan fingerprint density at radius 2 is 2.15 bits per heavy atom. The standard InChI is InChI=1S/C13H15N3O3S/c1-10-5-2-3-7-12(10)20(17,18)16-8-4-6-11(16)13-15-14-9-19-13/h2-3,5,7,9,11H,4,6,8H2,1H3.